The molecule has 0 aromatic carbocycles. The van der Waals surface area contributed by atoms with Gasteiger partial charge in [0.15, 0.2) is 0 Å². The lowest BCUT2D eigenvalue weighted by molar-refractivity contribution is -0.151. The van der Waals surface area contributed by atoms with Crippen molar-refractivity contribution in [2.24, 2.45) is 5.41 Å². The first-order valence-corrected chi connectivity index (χ1v) is 4.28. The third kappa shape index (κ3) is 1.20. The van der Waals surface area contributed by atoms with Crippen LogP contribution in [0.1, 0.15) is 19.8 Å². The van der Waals surface area contributed by atoms with Gasteiger partial charge < -0.3 is 9.47 Å². The minimum Gasteiger partial charge on any atom is -0.463 e. The molecular formula is C9H11NO3. The van der Waals surface area contributed by atoms with Gasteiger partial charge in [-0.3, -0.25) is 4.79 Å². The van der Waals surface area contributed by atoms with E-state index < -0.39 is 0 Å². The van der Waals surface area contributed by atoms with E-state index in [1.165, 1.54) is 6.92 Å². The Balaban J connectivity index is 1.92. The Kier molecular flexibility index (Phi) is 1.61. The fourth-order valence-corrected chi connectivity index (χ4v) is 2.17. The number of esters is 1. The first kappa shape index (κ1) is 8.52. The zero-order valence-corrected chi connectivity index (χ0v) is 7.50. The molecule has 3 aliphatic rings. The lowest BCUT2D eigenvalue weighted by Crippen LogP contribution is -2.47. The van der Waals surface area contributed by atoms with Crippen molar-refractivity contribution in [2.45, 2.75) is 25.4 Å². The van der Waals surface area contributed by atoms with Crippen molar-refractivity contribution >= 4 is 5.97 Å². The van der Waals surface area contributed by atoms with Crippen molar-refractivity contribution in [3.05, 3.63) is 0 Å². The van der Waals surface area contributed by atoms with E-state index in [1.807, 2.05) is 0 Å². The van der Waals surface area contributed by atoms with Crippen LogP contribution >= 0.6 is 0 Å². The van der Waals surface area contributed by atoms with Crippen molar-refractivity contribution in [1.29, 1.82) is 5.26 Å². The number of ether oxygens (including phenoxy) is 2. The van der Waals surface area contributed by atoms with Crippen LogP contribution in [0, 0.1) is 16.7 Å². The monoisotopic (exact) mass is 181 g/mol. The molecule has 0 N–H and O–H groups in total. The van der Waals surface area contributed by atoms with Gasteiger partial charge in [0.2, 0.25) is 0 Å². The fourth-order valence-electron chi connectivity index (χ4n) is 2.17. The fraction of sp³-hybridized carbons (Fsp3) is 0.778. The molecule has 0 spiro atoms. The Labute approximate surface area is 76.4 Å². The first-order valence-electron chi connectivity index (χ1n) is 4.28. The summed E-state index contributed by atoms with van der Waals surface area (Å²) in [7, 11) is 0. The minimum absolute atomic E-state index is 0.278. The van der Waals surface area contributed by atoms with Gasteiger partial charge in [-0.05, 0) is 0 Å². The Morgan fingerprint density at radius 1 is 1.69 bits per heavy atom. The lowest BCUT2D eigenvalue weighted by Gasteiger charge is -2.39. The van der Waals surface area contributed by atoms with Gasteiger partial charge in [-0.2, -0.15) is 5.26 Å². The molecule has 4 nitrogen and oxygen atoms in total. The van der Waals surface area contributed by atoms with Gasteiger partial charge >= 0.3 is 5.97 Å². The molecule has 4 heteroatoms. The molecule has 2 aliphatic heterocycles. The topological polar surface area (TPSA) is 59.3 Å². The number of rotatable bonds is 2. The van der Waals surface area contributed by atoms with Gasteiger partial charge in [0.25, 0.3) is 0 Å². The van der Waals surface area contributed by atoms with Crippen molar-refractivity contribution in [3.8, 4) is 6.07 Å². The van der Waals surface area contributed by atoms with Gasteiger partial charge in [-0.1, -0.05) is 0 Å². The van der Waals surface area contributed by atoms with Gasteiger partial charge in [-0.15, -0.1) is 0 Å². The Morgan fingerprint density at radius 3 is 2.85 bits per heavy atom. The van der Waals surface area contributed by atoms with E-state index in [4.69, 9.17) is 14.7 Å². The molecule has 0 amide bonds. The number of nitrogens with zero attached hydrogens (tertiary/aromatic N) is 1. The maximum Gasteiger partial charge on any atom is 0.302 e. The number of carbonyl (C=O) groups is 1. The second-order valence-electron chi connectivity index (χ2n) is 4.00. The molecule has 0 atom stereocenters. The summed E-state index contributed by atoms with van der Waals surface area (Å²) < 4.78 is 10.3. The van der Waals surface area contributed by atoms with Gasteiger partial charge in [0, 0.05) is 19.8 Å². The van der Waals surface area contributed by atoms with Crippen LogP contribution in [0.2, 0.25) is 0 Å². The summed E-state index contributed by atoms with van der Waals surface area (Å²) in [5.41, 5.74) is -0.610. The molecule has 2 heterocycles. The highest BCUT2D eigenvalue weighted by Gasteiger charge is 2.63. The summed E-state index contributed by atoms with van der Waals surface area (Å²) in [6, 6.07) is 2.25. The SMILES string of the molecule is CC(=O)OCC12CC(C#N)(CO1)C2. The highest BCUT2D eigenvalue weighted by molar-refractivity contribution is 5.66. The van der Waals surface area contributed by atoms with E-state index in [-0.39, 0.29) is 17.0 Å². The average Bonchev–Trinajstić information content (AvgIpc) is 2.55. The van der Waals surface area contributed by atoms with Crippen LogP contribution in [0.25, 0.3) is 0 Å². The molecule has 0 aromatic heterocycles. The minimum atomic E-state index is -0.332. The van der Waals surface area contributed by atoms with Crippen LogP contribution in [0.3, 0.4) is 0 Å². The largest absolute Gasteiger partial charge is 0.463 e. The van der Waals surface area contributed by atoms with E-state index in [0.717, 1.165) is 0 Å². The molecular weight excluding hydrogens is 170 g/mol. The van der Waals surface area contributed by atoms with E-state index in [9.17, 15) is 4.79 Å². The summed E-state index contributed by atoms with van der Waals surface area (Å²) in [4.78, 5) is 10.6. The Hall–Kier alpha value is -1.08. The predicted molar refractivity (Wildman–Crippen MR) is 42.6 cm³/mol. The third-order valence-electron chi connectivity index (χ3n) is 2.75. The van der Waals surface area contributed by atoms with Crippen molar-refractivity contribution < 1.29 is 14.3 Å². The summed E-state index contributed by atoms with van der Waals surface area (Å²) >= 11 is 0. The summed E-state index contributed by atoms with van der Waals surface area (Å²) in [5.74, 6) is -0.292. The second kappa shape index (κ2) is 2.46. The van der Waals surface area contributed by atoms with Crippen LogP contribution in [0.5, 0.6) is 0 Å². The van der Waals surface area contributed by atoms with Crippen molar-refractivity contribution in [1.82, 2.24) is 0 Å². The third-order valence-corrected chi connectivity index (χ3v) is 2.75. The molecule has 0 aromatic rings. The molecule has 0 radical (unpaired) electrons. The predicted octanol–water partition coefficient (Wildman–Crippen LogP) is 0.622. The molecule has 0 unspecified atom stereocenters. The van der Waals surface area contributed by atoms with E-state index in [1.54, 1.807) is 0 Å². The lowest BCUT2D eigenvalue weighted by atomic mass is 9.64. The number of nitriles is 1. The van der Waals surface area contributed by atoms with E-state index in [0.29, 0.717) is 26.1 Å². The molecule has 13 heavy (non-hydrogen) atoms. The quantitative estimate of drug-likeness (QED) is 0.586. The molecule has 1 saturated carbocycles. The zero-order valence-electron chi connectivity index (χ0n) is 7.50. The molecule has 2 bridgehead atoms. The van der Waals surface area contributed by atoms with Gasteiger partial charge in [0.05, 0.1) is 18.1 Å². The smallest absolute Gasteiger partial charge is 0.302 e. The first-order chi connectivity index (χ1) is 6.10. The molecule has 2 saturated heterocycles. The normalized spacial score (nSPS) is 40.6. The average molecular weight is 181 g/mol. The standard InChI is InChI=1S/C9H11NO3/c1-7(11)12-6-9-2-8(3-9,4-10)5-13-9/h2-3,5-6H2,1H3. The van der Waals surface area contributed by atoms with Crippen LogP contribution in [0.4, 0.5) is 0 Å². The maximum atomic E-state index is 10.6. The molecule has 3 fully saturated rings. The van der Waals surface area contributed by atoms with Crippen LogP contribution in [-0.4, -0.2) is 24.8 Å². The maximum absolute atomic E-state index is 10.6. The van der Waals surface area contributed by atoms with E-state index in [2.05, 4.69) is 6.07 Å². The number of carbonyl (C=O) groups excluding carboxylic acids is 1. The highest BCUT2D eigenvalue weighted by Crippen LogP contribution is 2.57. The van der Waals surface area contributed by atoms with Gasteiger partial charge in [0.1, 0.15) is 12.2 Å². The molecule has 70 valence electrons. The molecule has 3 rings (SSSR count). The number of fused-ring (bicyclic) bond motifs is 1. The number of hydrogen-bond acceptors (Lipinski definition) is 4. The second-order valence-corrected chi connectivity index (χ2v) is 4.00. The van der Waals surface area contributed by atoms with Crippen LogP contribution in [-0.2, 0) is 14.3 Å². The van der Waals surface area contributed by atoms with Crippen LogP contribution in [0.15, 0.2) is 0 Å². The zero-order chi connectivity index (χ0) is 9.53. The summed E-state index contributed by atoms with van der Waals surface area (Å²) in [5, 5.41) is 8.82. The van der Waals surface area contributed by atoms with Crippen molar-refractivity contribution in [2.75, 3.05) is 13.2 Å². The summed E-state index contributed by atoms with van der Waals surface area (Å²) in [6.45, 7) is 2.17. The number of hydrogen-bond donors (Lipinski definition) is 0. The van der Waals surface area contributed by atoms with Crippen molar-refractivity contribution in [3.63, 3.8) is 0 Å². The Bertz CT molecular complexity index is 286. The summed E-state index contributed by atoms with van der Waals surface area (Å²) in [6.07, 6.45) is 1.42. The van der Waals surface area contributed by atoms with E-state index >= 15 is 0 Å². The van der Waals surface area contributed by atoms with Crippen LogP contribution < -0.4 is 0 Å². The Morgan fingerprint density at radius 2 is 2.38 bits per heavy atom. The molecule has 1 aliphatic carbocycles. The van der Waals surface area contributed by atoms with Gasteiger partial charge in [-0.25, -0.2) is 0 Å². The highest BCUT2D eigenvalue weighted by atomic mass is 16.6.